The number of methoxy groups -OCH3 is 1. The molecule has 0 spiro atoms. The maximum Gasteiger partial charge on any atom is 0.407 e. The van der Waals surface area contributed by atoms with Crippen molar-refractivity contribution in [1.82, 2.24) is 5.32 Å². The van der Waals surface area contributed by atoms with Crippen molar-refractivity contribution in [2.24, 2.45) is 0 Å². The SMILES string of the molecule is COc1ccc(C)cc1NCCCNC(=O)OC(C)(C)C. The monoisotopic (exact) mass is 294 g/mol. The van der Waals surface area contributed by atoms with E-state index < -0.39 is 5.60 Å². The molecular formula is C16H26N2O3. The van der Waals surface area contributed by atoms with E-state index in [9.17, 15) is 4.79 Å². The molecule has 0 fully saturated rings. The lowest BCUT2D eigenvalue weighted by Gasteiger charge is -2.19. The van der Waals surface area contributed by atoms with Gasteiger partial charge in [0.1, 0.15) is 11.4 Å². The van der Waals surface area contributed by atoms with Gasteiger partial charge >= 0.3 is 6.09 Å². The predicted molar refractivity (Wildman–Crippen MR) is 85.1 cm³/mol. The number of hydrogen-bond acceptors (Lipinski definition) is 4. The molecule has 0 heterocycles. The Labute approximate surface area is 127 Å². The highest BCUT2D eigenvalue weighted by molar-refractivity contribution is 5.67. The van der Waals surface area contributed by atoms with Gasteiger partial charge in [-0.25, -0.2) is 4.79 Å². The summed E-state index contributed by atoms with van der Waals surface area (Å²) in [5.41, 5.74) is 1.68. The van der Waals surface area contributed by atoms with Crippen molar-refractivity contribution in [3.63, 3.8) is 0 Å². The second kappa shape index (κ2) is 7.76. The molecule has 0 aliphatic heterocycles. The van der Waals surface area contributed by atoms with E-state index in [-0.39, 0.29) is 6.09 Å². The maximum atomic E-state index is 11.5. The average Bonchev–Trinajstić information content (AvgIpc) is 2.36. The molecule has 5 heteroatoms. The largest absolute Gasteiger partial charge is 0.495 e. The third-order valence-corrected chi connectivity index (χ3v) is 2.69. The van der Waals surface area contributed by atoms with Gasteiger partial charge in [-0.15, -0.1) is 0 Å². The number of aryl methyl sites for hydroxylation is 1. The topological polar surface area (TPSA) is 59.6 Å². The molecule has 1 aromatic carbocycles. The number of ether oxygens (including phenoxy) is 2. The summed E-state index contributed by atoms with van der Waals surface area (Å²) in [6.07, 6.45) is 0.423. The van der Waals surface area contributed by atoms with Crippen LogP contribution in [0.4, 0.5) is 10.5 Å². The van der Waals surface area contributed by atoms with Gasteiger partial charge in [0.2, 0.25) is 0 Å². The lowest BCUT2D eigenvalue weighted by molar-refractivity contribution is 0.0528. The van der Waals surface area contributed by atoms with E-state index in [4.69, 9.17) is 9.47 Å². The Balaban J connectivity index is 2.29. The number of nitrogens with one attached hydrogen (secondary N) is 2. The van der Waals surface area contributed by atoms with Gasteiger partial charge in [-0.3, -0.25) is 0 Å². The highest BCUT2D eigenvalue weighted by Gasteiger charge is 2.15. The lowest BCUT2D eigenvalue weighted by Crippen LogP contribution is -2.33. The predicted octanol–water partition coefficient (Wildman–Crippen LogP) is 3.33. The van der Waals surface area contributed by atoms with Crippen molar-refractivity contribution >= 4 is 11.8 Å². The first-order chi connectivity index (χ1) is 9.81. The number of hydrogen-bond donors (Lipinski definition) is 2. The quantitative estimate of drug-likeness (QED) is 0.790. The first-order valence-corrected chi connectivity index (χ1v) is 7.17. The first kappa shape index (κ1) is 17.1. The highest BCUT2D eigenvalue weighted by atomic mass is 16.6. The summed E-state index contributed by atoms with van der Waals surface area (Å²) in [7, 11) is 1.65. The second-order valence-corrected chi connectivity index (χ2v) is 5.91. The van der Waals surface area contributed by atoms with Gasteiger partial charge < -0.3 is 20.1 Å². The summed E-state index contributed by atoms with van der Waals surface area (Å²) in [5.74, 6) is 0.820. The van der Waals surface area contributed by atoms with Crippen molar-refractivity contribution in [1.29, 1.82) is 0 Å². The molecule has 0 saturated heterocycles. The molecule has 1 rings (SSSR count). The Morgan fingerprint density at radius 1 is 1.24 bits per heavy atom. The Bertz CT molecular complexity index is 467. The fraction of sp³-hybridized carbons (Fsp3) is 0.562. The summed E-state index contributed by atoms with van der Waals surface area (Å²) in [6, 6.07) is 5.99. The van der Waals surface area contributed by atoms with Crippen LogP contribution in [0.15, 0.2) is 18.2 Å². The van der Waals surface area contributed by atoms with Crippen LogP contribution in [0.2, 0.25) is 0 Å². The van der Waals surface area contributed by atoms with Crippen molar-refractivity contribution < 1.29 is 14.3 Å². The van der Waals surface area contributed by atoms with Gasteiger partial charge in [-0.05, 0) is 51.8 Å². The fourth-order valence-corrected chi connectivity index (χ4v) is 1.78. The molecule has 0 atom stereocenters. The van der Waals surface area contributed by atoms with E-state index >= 15 is 0 Å². The van der Waals surface area contributed by atoms with Crippen LogP contribution in [0.5, 0.6) is 5.75 Å². The van der Waals surface area contributed by atoms with Gasteiger partial charge in [0.25, 0.3) is 0 Å². The Morgan fingerprint density at radius 2 is 1.95 bits per heavy atom. The van der Waals surface area contributed by atoms with E-state index in [0.29, 0.717) is 6.54 Å². The van der Waals surface area contributed by atoms with E-state index in [1.807, 2.05) is 45.9 Å². The number of benzene rings is 1. The van der Waals surface area contributed by atoms with Crippen LogP contribution in [0.3, 0.4) is 0 Å². The van der Waals surface area contributed by atoms with E-state index in [1.165, 1.54) is 5.56 Å². The number of rotatable bonds is 6. The van der Waals surface area contributed by atoms with E-state index in [2.05, 4.69) is 10.6 Å². The molecule has 0 bridgehead atoms. The van der Waals surface area contributed by atoms with E-state index in [1.54, 1.807) is 7.11 Å². The Hall–Kier alpha value is -1.91. The molecule has 0 unspecified atom stereocenters. The minimum atomic E-state index is -0.461. The summed E-state index contributed by atoms with van der Waals surface area (Å²) >= 11 is 0. The highest BCUT2D eigenvalue weighted by Crippen LogP contribution is 2.24. The molecule has 118 valence electrons. The van der Waals surface area contributed by atoms with Crippen LogP contribution in [-0.2, 0) is 4.74 Å². The minimum absolute atomic E-state index is 0.379. The molecule has 1 aromatic rings. The Kier molecular flexibility index (Phi) is 6.34. The smallest absolute Gasteiger partial charge is 0.407 e. The number of amides is 1. The molecule has 0 radical (unpaired) electrons. The normalized spacial score (nSPS) is 10.9. The average molecular weight is 294 g/mol. The summed E-state index contributed by atoms with van der Waals surface area (Å²) in [6.45, 7) is 8.88. The number of carbonyl (C=O) groups excluding carboxylic acids is 1. The number of carbonyl (C=O) groups is 1. The molecule has 5 nitrogen and oxygen atoms in total. The lowest BCUT2D eigenvalue weighted by atomic mass is 10.2. The van der Waals surface area contributed by atoms with Gasteiger partial charge in [0, 0.05) is 13.1 Å². The molecule has 0 aromatic heterocycles. The molecule has 21 heavy (non-hydrogen) atoms. The van der Waals surface area contributed by atoms with Gasteiger partial charge in [0.15, 0.2) is 0 Å². The Morgan fingerprint density at radius 3 is 2.57 bits per heavy atom. The zero-order valence-corrected chi connectivity index (χ0v) is 13.6. The van der Waals surface area contributed by atoms with Gasteiger partial charge in [0.05, 0.1) is 12.8 Å². The van der Waals surface area contributed by atoms with Crippen molar-refractivity contribution in [2.75, 3.05) is 25.5 Å². The van der Waals surface area contributed by atoms with Crippen LogP contribution in [0, 0.1) is 6.92 Å². The molecule has 2 N–H and O–H groups in total. The van der Waals surface area contributed by atoms with Crippen LogP contribution < -0.4 is 15.4 Å². The van der Waals surface area contributed by atoms with Crippen LogP contribution in [-0.4, -0.2) is 31.9 Å². The standard InChI is InChI=1S/C16H26N2O3/c1-12-7-8-14(20-5)13(11-12)17-9-6-10-18-15(19)21-16(2,3)4/h7-8,11,17H,6,9-10H2,1-5H3,(H,18,19). The zero-order chi connectivity index (χ0) is 15.9. The third kappa shape index (κ3) is 6.88. The van der Waals surface area contributed by atoms with Gasteiger partial charge in [-0.1, -0.05) is 6.07 Å². The summed E-state index contributed by atoms with van der Waals surface area (Å²) < 4.78 is 10.5. The molecule has 1 amide bonds. The van der Waals surface area contributed by atoms with E-state index in [0.717, 1.165) is 24.4 Å². The molecule has 0 aliphatic carbocycles. The fourth-order valence-electron chi connectivity index (χ4n) is 1.78. The maximum absolute atomic E-state index is 11.5. The van der Waals surface area contributed by atoms with Crippen LogP contribution in [0.25, 0.3) is 0 Å². The molecule has 0 saturated carbocycles. The first-order valence-electron chi connectivity index (χ1n) is 7.17. The van der Waals surface area contributed by atoms with Gasteiger partial charge in [-0.2, -0.15) is 0 Å². The molecule has 0 aliphatic rings. The van der Waals surface area contributed by atoms with Crippen molar-refractivity contribution in [3.8, 4) is 5.75 Å². The minimum Gasteiger partial charge on any atom is -0.495 e. The van der Waals surface area contributed by atoms with Crippen molar-refractivity contribution in [2.45, 2.75) is 39.7 Å². The van der Waals surface area contributed by atoms with Crippen molar-refractivity contribution in [3.05, 3.63) is 23.8 Å². The van der Waals surface area contributed by atoms with Crippen LogP contribution in [0.1, 0.15) is 32.8 Å². The zero-order valence-electron chi connectivity index (χ0n) is 13.6. The number of anilines is 1. The summed E-state index contributed by atoms with van der Waals surface area (Å²) in [5, 5.41) is 6.04. The summed E-state index contributed by atoms with van der Waals surface area (Å²) in [4.78, 5) is 11.5. The third-order valence-electron chi connectivity index (χ3n) is 2.69. The molecular weight excluding hydrogens is 268 g/mol. The second-order valence-electron chi connectivity index (χ2n) is 5.91. The van der Waals surface area contributed by atoms with Crippen LogP contribution >= 0.6 is 0 Å². The number of alkyl carbamates (subject to hydrolysis) is 1.